The summed E-state index contributed by atoms with van der Waals surface area (Å²) in [5.74, 6) is -0.855. The van der Waals surface area contributed by atoms with Crippen LogP contribution >= 0.6 is 0 Å². The van der Waals surface area contributed by atoms with E-state index >= 15 is 0 Å². The average Bonchev–Trinajstić information content (AvgIpc) is 2.83. The normalized spacial score (nSPS) is 9.77. The third-order valence-corrected chi connectivity index (χ3v) is 4.09. The van der Waals surface area contributed by atoms with Crippen LogP contribution in [0.1, 0.15) is 16.7 Å². The molecule has 1 N–H and O–H groups in total. The average molecular weight is 413 g/mol. The number of nitrogens with one attached hydrogen (secondary N) is 1. The second kappa shape index (κ2) is 10.9. The molecule has 0 unspecified atom stereocenters. The molecule has 0 aliphatic carbocycles. The summed E-state index contributed by atoms with van der Waals surface area (Å²) in [6.07, 6.45) is 0. The number of hydrogen-bond donors (Lipinski definition) is 1. The Balaban J connectivity index is 1.53. The molecule has 0 radical (unpaired) electrons. The molecule has 7 nitrogen and oxygen atoms in total. The van der Waals surface area contributed by atoms with Crippen LogP contribution in [-0.4, -0.2) is 30.8 Å². The topological polar surface area (TPSA) is 101 Å². The minimum absolute atomic E-state index is 0.359. The zero-order valence-corrected chi connectivity index (χ0v) is 16.5. The Hall–Kier alpha value is -4.44. The Kier molecular flexibility index (Phi) is 7.50. The molecule has 3 aromatic carbocycles. The number of amides is 1. The van der Waals surface area contributed by atoms with Gasteiger partial charge in [0.25, 0.3) is 5.91 Å². The van der Waals surface area contributed by atoms with Crippen LogP contribution in [-0.2, 0) is 14.3 Å². The molecule has 0 spiro atoms. The van der Waals surface area contributed by atoms with E-state index in [1.165, 1.54) is 0 Å². The van der Waals surface area contributed by atoms with Crippen molar-refractivity contribution in [1.82, 2.24) is 5.43 Å². The third-order valence-electron chi connectivity index (χ3n) is 4.09. The van der Waals surface area contributed by atoms with E-state index in [0.29, 0.717) is 17.0 Å². The predicted molar refractivity (Wildman–Crippen MR) is 114 cm³/mol. The fourth-order valence-corrected chi connectivity index (χ4v) is 2.59. The van der Waals surface area contributed by atoms with Crippen molar-refractivity contribution in [1.29, 1.82) is 5.26 Å². The standard InChI is InChI=1S/C24H19N3O4/c25-15-18-11-13-21(14-12-18)30-17-23(29)31-16-22(28)26-27-24(19-7-3-1-4-8-19)20-9-5-2-6-10-20/h1-14H,16-17H2,(H,26,28). The first-order valence-corrected chi connectivity index (χ1v) is 9.41. The maximum absolute atomic E-state index is 12.1. The van der Waals surface area contributed by atoms with Gasteiger partial charge in [-0.1, -0.05) is 60.7 Å². The van der Waals surface area contributed by atoms with E-state index in [-0.39, 0.29) is 6.61 Å². The van der Waals surface area contributed by atoms with Crippen LogP contribution in [0.4, 0.5) is 0 Å². The molecule has 0 aromatic heterocycles. The van der Waals surface area contributed by atoms with E-state index in [4.69, 9.17) is 14.7 Å². The molecule has 31 heavy (non-hydrogen) atoms. The van der Waals surface area contributed by atoms with E-state index in [2.05, 4.69) is 10.5 Å². The van der Waals surface area contributed by atoms with Gasteiger partial charge in [-0.25, -0.2) is 10.2 Å². The summed E-state index contributed by atoms with van der Waals surface area (Å²) in [7, 11) is 0. The van der Waals surface area contributed by atoms with Gasteiger partial charge in [0.2, 0.25) is 0 Å². The summed E-state index contributed by atoms with van der Waals surface area (Å²) in [6.45, 7) is -0.850. The van der Waals surface area contributed by atoms with Crippen LogP contribution in [0.15, 0.2) is 90.0 Å². The fourth-order valence-electron chi connectivity index (χ4n) is 2.59. The zero-order chi connectivity index (χ0) is 21.9. The van der Waals surface area contributed by atoms with Crippen molar-refractivity contribution < 1.29 is 19.1 Å². The molecule has 0 heterocycles. The number of carbonyl (C=O) groups excluding carboxylic acids is 2. The van der Waals surface area contributed by atoms with Crippen molar-refractivity contribution in [2.45, 2.75) is 0 Å². The van der Waals surface area contributed by atoms with Crippen molar-refractivity contribution >= 4 is 17.6 Å². The fraction of sp³-hybridized carbons (Fsp3) is 0.0833. The van der Waals surface area contributed by atoms with E-state index in [1.54, 1.807) is 24.3 Å². The monoisotopic (exact) mass is 413 g/mol. The van der Waals surface area contributed by atoms with Crippen LogP contribution in [0, 0.1) is 11.3 Å². The number of esters is 1. The minimum Gasteiger partial charge on any atom is -0.482 e. The number of rotatable bonds is 8. The van der Waals surface area contributed by atoms with E-state index in [0.717, 1.165) is 11.1 Å². The summed E-state index contributed by atoms with van der Waals surface area (Å²) in [4.78, 5) is 23.9. The first-order valence-electron chi connectivity index (χ1n) is 9.41. The number of nitriles is 1. The summed E-state index contributed by atoms with van der Waals surface area (Å²) in [5.41, 5.74) is 5.16. The minimum atomic E-state index is -0.699. The van der Waals surface area contributed by atoms with Gasteiger partial charge in [-0.15, -0.1) is 0 Å². The lowest BCUT2D eigenvalue weighted by molar-refractivity contribution is -0.150. The van der Waals surface area contributed by atoms with Gasteiger partial charge >= 0.3 is 5.97 Å². The van der Waals surface area contributed by atoms with Crippen molar-refractivity contribution in [2.75, 3.05) is 13.2 Å². The molecule has 7 heteroatoms. The second-order valence-electron chi connectivity index (χ2n) is 6.31. The van der Waals surface area contributed by atoms with Gasteiger partial charge in [0, 0.05) is 11.1 Å². The molecule has 0 atom stereocenters. The summed E-state index contributed by atoms with van der Waals surface area (Å²) >= 11 is 0. The molecule has 3 rings (SSSR count). The maximum atomic E-state index is 12.1. The first kappa shape index (κ1) is 21.3. The van der Waals surface area contributed by atoms with Crippen molar-refractivity contribution in [3.63, 3.8) is 0 Å². The molecule has 154 valence electrons. The molecule has 0 aliphatic heterocycles. The maximum Gasteiger partial charge on any atom is 0.344 e. The van der Waals surface area contributed by atoms with Gasteiger partial charge in [0.05, 0.1) is 17.3 Å². The summed E-state index contributed by atoms with van der Waals surface area (Å²) < 4.78 is 10.2. The number of ether oxygens (including phenoxy) is 2. The van der Waals surface area contributed by atoms with E-state index in [9.17, 15) is 9.59 Å². The van der Waals surface area contributed by atoms with Crippen molar-refractivity contribution in [3.8, 4) is 11.8 Å². The number of hydrazone groups is 1. The lowest BCUT2D eigenvalue weighted by Crippen LogP contribution is -2.27. The molecular formula is C24H19N3O4. The van der Waals surface area contributed by atoms with Gasteiger partial charge in [-0.05, 0) is 24.3 Å². The second-order valence-corrected chi connectivity index (χ2v) is 6.31. The van der Waals surface area contributed by atoms with Crippen LogP contribution in [0.2, 0.25) is 0 Å². The molecule has 0 saturated heterocycles. The SMILES string of the molecule is N#Cc1ccc(OCC(=O)OCC(=O)NN=C(c2ccccc2)c2ccccc2)cc1. The highest BCUT2D eigenvalue weighted by Gasteiger charge is 2.10. The molecule has 0 bridgehead atoms. The molecule has 0 aliphatic rings. The van der Waals surface area contributed by atoms with Crippen molar-refractivity contribution in [3.05, 3.63) is 102 Å². The van der Waals surface area contributed by atoms with Gasteiger partial charge in [-0.2, -0.15) is 10.4 Å². The molecule has 0 saturated carbocycles. The third kappa shape index (κ3) is 6.54. The number of carbonyl (C=O) groups is 2. The lowest BCUT2D eigenvalue weighted by atomic mass is 10.0. The molecule has 0 fully saturated rings. The molecule has 3 aromatic rings. The highest BCUT2D eigenvalue weighted by atomic mass is 16.6. The molecular weight excluding hydrogens is 394 g/mol. The summed E-state index contributed by atoms with van der Waals surface area (Å²) in [6, 6.07) is 27.1. The van der Waals surface area contributed by atoms with Gasteiger partial charge in [0.1, 0.15) is 5.75 Å². The van der Waals surface area contributed by atoms with Crippen LogP contribution in [0.5, 0.6) is 5.75 Å². The van der Waals surface area contributed by atoms with Crippen molar-refractivity contribution in [2.24, 2.45) is 5.10 Å². The quantitative estimate of drug-likeness (QED) is 0.348. The van der Waals surface area contributed by atoms with Crippen LogP contribution < -0.4 is 10.2 Å². The lowest BCUT2D eigenvalue weighted by Gasteiger charge is -2.09. The zero-order valence-electron chi connectivity index (χ0n) is 16.5. The predicted octanol–water partition coefficient (Wildman–Crippen LogP) is 3.05. The Morgan fingerprint density at radius 1 is 0.839 bits per heavy atom. The van der Waals surface area contributed by atoms with E-state index < -0.39 is 18.5 Å². The Morgan fingerprint density at radius 2 is 1.42 bits per heavy atom. The highest BCUT2D eigenvalue weighted by molar-refractivity contribution is 6.13. The molecule has 1 amide bonds. The first-order chi connectivity index (χ1) is 15.2. The largest absolute Gasteiger partial charge is 0.482 e. The number of benzene rings is 3. The van der Waals surface area contributed by atoms with Crippen LogP contribution in [0.3, 0.4) is 0 Å². The van der Waals surface area contributed by atoms with Gasteiger partial charge in [0.15, 0.2) is 13.2 Å². The van der Waals surface area contributed by atoms with Crippen LogP contribution in [0.25, 0.3) is 0 Å². The highest BCUT2D eigenvalue weighted by Crippen LogP contribution is 2.12. The Labute approximate surface area is 179 Å². The smallest absolute Gasteiger partial charge is 0.344 e. The Morgan fingerprint density at radius 3 is 1.97 bits per heavy atom. The van der Waals surface area contributed by atoms with E-state index in [1.807, 2.05) is 66.7 Å². The van der Waals surface area contributed by atoms with Gasteiger partial charge < -0.3 is 9.47 Å². The number of nitrogens with zero attached hydrogens (tertiary/aromatic N) is 2. The number of hydrogen-bond acceptors (Lipinski definition) is 6. The summed E-state index contributed by atoms with van der Waals surface area (Å²) in [5, 5.41) is 13.0. The Bertz CT molecular complexity index is 1050. The van der Waals surface area contributed by atoms with Gasteiger partial charge in [-0.3, -0.25) is 4.79 Å².